The molecule has 0 atom stereocenters. The molecule has 3 aromatic rings. The lowest BCUT2D eigenvalue weighted by atomic mass is 9.84. The third kappa shape index (κ3) is 12.6. The van der Waals surface area contributed by atoms with Crippen LogP contribution in [0.1, 0.15) is 86.8 Å². The average molecular weight is 805 g/mol. The van der Waals surface area contributed by atoms with Crippen LogP contribution in [0, 0.1) is 5.41 Å². The van der Waals surface area contributed by atoms with Crippen LogP contribution >= 0.6 is 0 Å². The highest BCUT2D eigenvalue weighted by atomic mass is 16.6. The number of ether oxygens (including phenoxy) is 6. The van der Waals surface area contributed by atoms with Gasteiger partial charge in [-0.05, 0) is 136 Å². The normalized spacial score (nSPS) is 15.8. The monoisotopic (exact) mass is 804 g/mol. The fraction of sp³-hybridized carbons (Fsp3) is 0.354. The molecule has 0 aromatic heterocycles. The Morgan fingerprint density at radius 3 is 1.78 bits per heavy atom. The zero-order chi connectivity index (χ0) is 42.7. The summed E-state index contributed by atoms with van der Waals surface area (Å²) in [6.07, 6.45) is 7.07. The van der Waals surface area contributed by atoms with E-state index in [2.05, 4.69) is 37.9 Å². The predicted octanol–water partition coefficient (Wildman–Crippen LogP) is 8.67. The summed E-state index contributed by atoms with van der Waals surface area (Å²) < 4.78 is 33.5. The molecular formula is C48H52O11. The molecule has 0 unspecified atom stereocenters. The minimum Gasteiger partial charge on any atom is -0.494 e. The molecule has 11 nitrogen and oxygen atoms in total. The Kier molecular flexibility index (Phi) is 14.8. The standard InChI is InChI=1S/C48H52O11/c1-30(2)44(50)55-28-48(7,29-56-45(51)31(3)4)24-25-54-40-20-22-42-36(27-40)11-10-35-26-33(8-21-41(35)42)9-23-43(49)57-37-16-18-39(19-17-37)59-47(53)34-12-14-38(15-13-34)58-46(52)32(5)6/h8-9,12-15,20-23,26-27,37,39H,1,3,5,10-11,16-19,24-25,28-29H2,2,4,6-7H3/b23-9+. The maximum absolute atomic E-state index is 12.8. The van der Waals surface area contributed by atoms with Crippen molar-refractivity contribution in [2.45, 2.75) is 84.8 Å². The van der Waals surface area contributed by atoms with Gasteiger partial charge < -0.3 is 28.4 Å². The first-order chi connectivity index (χ1) is 28.1. The Hall–Kier alpha value is -6.23. The van der Waals surface area contributed by atoms with Crippen LogP contribution in [0.3, 0.4) is 0 Å². The van der Waals surface area contributed by atoms with Gasteiger partial charge in [-0.15, -0.1) is 0 Å². The van der Waals surface area contributed by atoms with Gasteiger partial charge in [-0.1, -0.05) is 50.9 Å². The van der Waals surface area contributed by atoms with Gasteiger partial charge in [-0.25, -0.2) is 24.0 Å². The van der Waals surface area contributed by atoms with Crippen LogP contribution in [0.4, 0.5) is 0 Å². The van der Waals surface area contributed by atoms with Gasteiger partial charge in [0.25, 0.3) is 0 Å². The molecule has 0 saturated heterocycles. The van der Waals surface area contributed by atoms with E-state index in [1.807, 2.05) is 25.1 Å². The number of esters is 5. The number of fused-ring (bicyclic) bond motifs is 3. The molecule has 2 aliphatic rings. The fourth-order valence-corrected chi connectivity index (χ4v) is 6.62. The van der Waals surface area contributed by atoms with Crippen molar-refractivity contribution in [3.05, 3.63) is 125 Å². The number of aryl methyl sites for hydroxylation is 2. The molecule has 59 heavy (non-hydrogen) atoms. The van der Waals surface area contributed by atoms with Gasteiger partial charge in [0.1, 0.15) is 36.9 Å². The number of hydrogen-bond acceptors (Lipinski definition) is 11. The molecule has 3 aromatic carbocycles. The zero-order valence-electron chi connectivity index (χ0n) is 34.3. The first-order valence-corrected chi connectivity index (χ1v) is 19.7. The molecule has 1 fully saturated rings. The molecule has 11 heteroatoms. The highest BCUT2D eigenvalue weighted by Crippen LogP contribution is 2.36. The molecule has 2 aliphatic carbocycles. The molecule has 0 heterocycles. The number of benzene rings is 3. The minimum atomic E-state index is -0.687. The first kappa shape index (κ1) is 43.9. The predicted molar refractivity (Wildman–Crippen MR) is 223 cm³/mol. The third-order valence-corrected chi connectivity index (χ3v) is 10.2. The number of hydrogen-bond donors (Lipinski definition) is 0. The Balaban J connectivity index is 1.08. The number of rotatable bonds is 17. The van der Waals surface area contributed by atoms with Crippen molar-refractivity contribution in [1.82, 2.24) is 0 Å². The summed E-state index contributed by atoms with van der Waals surface area (Å²) in [5, 5.41) is 0. The van der Waals surface area contributed by atoms with E-state index in [0.717, 1.165) is 35.1 Å². The highest BCUT2D eigenvalue weighted by Gasteiger charge is 2.30. The van der Waals surface area contributed by atoms with E-state index in [1.54, 1.807) is 39.0 Å². The molecule has 5 rings (SSSR count). The van der Waals surface area contributed by atoms with Crippen molar-refractivity contribution in [2.24, 2.45) is 5.41 Å². The van der Waals surface area contributed by atoms with E-state index >= 15 is 0 Å². The van der Waals surface area contributed by atoms with Gasteiger partial charge in [-0.2, -0.15) is 0 Å². The van der Waals surface area contributed by atoms with E-state index < -0.39 is 35.3 Å². The second-order valence-electron chi connectivity index (χ2n) is 15.6. The van der Waals surface area contributed by atoms with Crippen LogP contribution in [-0.2, 0) is 51.0 Å². The molecular weight excluding hydrogens is 753 g/mol. The van der Waals surface area contributed by atoms with Crippen molar-refractivity contribution >= 4 is 35.9 Å². The second-order valence-corrected chi connectivity index (χ2v) is 15.6. The lowest BCUT2D eigenvalue weighted by Gasteiger charge is -2.29. The summed E-state index contributed by atoms with van der Waals surface area (Å²) in [5.74, 6) is -1.42. The molecule has 0 spiro atoms. The summed E-state index contributed by atoms with van der Waals surface area (Å²) in [6.45, 7) is 17.8. The summed E-state index contributed by atoms with van der Waals surface area (Å²) in [5.41, 5.74) is 6.00. The third-order valence-electron chi connectivity index (χ3n) is 10.2. The van der Waals surface area contributed by atoms with Crippen molar-refractivity contribution in [3.63, 3.8) is 0 Å². The fourth-order valence-electron chi connectivity index (χ4n) is 6.62. The maximum Gasteiger partial charge on any atom is 0.338 e. The van der Waals surface area contributed by atoms with Crippen LogP contribution in [-0.4, -0.2) is 61.9 Å². The summed E-state index contributed by atoms with van der Waals surface area (Å²) in [6, 6.07) is 18.3. The quantitative estimate of drug-likeness (QED) is 0.0560. The van der Waals surface area contributed by atoms with Crippen LogP contribution < -0.4 is 9.47 Å². The van der Waals surface area contributed by atoms with Gasteiger partial charge >= 0.3 is 29.8 Å². The van der Waals surface area contributed by atoms with Crippen molar-refractivity contribution in [3.8, 4) is 22.6 Å². The second kappa shape index (κ2) is 20.0. The van der Waals surface area contributed by atoms with Crippen LogP contribution in [0.2, 0.25) is 0 Å². The first-order valence-electron chi connectivity index (χ1n) is 19.7. The Morgan fingerprint density at radius 2 is 1.20 bits per heavy atom. The molecule has 0 aliphatic heterocycles. The topological polar surface area (TPSA) is 141 Å². The maximum atomic E-state index is 12.8. The molecule has 0 radical (unpaired) electrons. The lowest BCUT2D eigenvalue weighted by molar-refractivity contribution is -0.149. The molecule has 1 saturated carbocycles. The Morgan fingerprint density at radius 1 is 0.678 bits per heavy atom. The molecule has 0 amide bonds. The zero-order valence-corrected chi connectivity index (χ0v) is 34.3. The Bertz CT molecular complexity index is 2100. The van der Waals surface area contributed by atoms with E-state index in [1.165, 1.54) is 23.8 Å². The average Bonchev–Trinajstić information content (AvgIpc) is 3.21. The lowest BCUT2D eigenvalue weighted by Crippen LogP contribution is -2.33. The van der Waals surface area contributed by atoms with E-state index in [9.17, 15) is 24.0 Å². The highest BCUT2D eigenvalue weighted by molar-refractivity contribution is 5.91. The van der Waals surface area contributed by atoms with Gasteiger partial charge in [0.15, 0.2) is 0 Å². The van der Waals surface area contributed by atoms with Crippen LogP contribution in [0.25, 0.3) is 17.2 Å². The van der Waals surface area contributed by atoms with Crippen molar-refractivity contribution in [2.75, 3.05) is 19.8 Å². The van der Waals surface area contributed by atoms with Crippen LogP contribution in [0.5, 0.6) is 11.5 Å². The summed E-state index contributed by atoms with van der Waals surface area (Å²) in [7, 11) is 0. The summed E-state index contributed by atoms with van der Waals surface area (Å²) >= 11 is 0. The van der Waals surface area contributed by atoms with E-state index in [4.69, 9.17) is 28.4 Å². The van der Waals surface area contributed by atoms with E-state index in [-0.39, 0.29) is 42.1 Å². The van der Waals surface area contributed by atoms with Gasteiger partial charge in [0.2, 0.25) is 0 Å². The number of carbonyl (C=O) groups is 5. The van der Waals surface area contributed by atoms with E-state index in [0.29, 0.717) is 55.8 Å². The Labute approximate surface area is 345 Å². The minimum absolute atomic E-state index is 0.0325. The largest absolute Gasteiger partial charge is 0.494 e. The van der Waals surface area contributed by atoms with Gasteiger partial charge in [0.05, 0.1) is 12.2 Å². The number of carbonyl (C=O) groups excluding carboxylic acids is 5. The van der Waals surface area contributed by atoms with Crippen LogP contribution in [0.15, 0.2) is 103 Å². The van der Waals surface area contributed by atoms with Gasteiger partial charge in [0, 0.05) is 28.2 Å². The van der Waals surface area contributed by atoms with Crippen molar-refractivity contribution in [1.29, 1.82) is 0 Å². The molecule has 0 bridgehead atoms. The summed E-state index contributed by atoms with van der Waals surface area (Å²) in [4.78, 5) is 61.3. The SMILES string of the molecule is C=C(C)C(=O)OCC(C)(CCOc1ccc2c(c1)CCc1cc(/C=C/C(=O)OC3CCC(OC(=O)c4ccc(OC(=O)C(=C)C)cc4)CC3)ccc1-2)COC(=O)C(=C)C. The van der Waals surface area contributed by atoms with Gasteiger partial charge in [-0.3, -0.25) is 0 Å². The smallest absolute Gasteiger partial charge is 0.338 e. The molecule has 310 valence electrons. The molecule has 0 N–H and O–H groups in total. The van der Waals surface area contributed by atoms with Crippen molar-refractivity contribution < 1.29 is 52.4 Å².